The van der Waals surface area contributed by atoms with Crippen LogP contribution in [0.15, 0.2) is 32.8 Å². The van der Waals surface area contributed by atoms with Crippen molar-refractivity contribution in [1.82, 2.24) is 4.57 Å². The van der Waals surface area contributed by atoms with Gasteiger partial charge in [-0.15, -0.1) is 0 Å². The fourth-order valence-corrected chi connectivity index (χ4v) is 2.31. The second-order valence-electron chi connectivity index (χ2n) is 4.28. The number of aryl methyl sites for hydroxylation is 1. The first-order chi connectivity index (χ1) is 9.20. The summed E-state index contributed by atoms with van der Waals surface area (Å²) < 4.78 is 7.68. The van der Waals surface area contributed by atoms with Crippen molar-refractivity contribution in [1.29, 1.82) is 0 Å². The van der Waals surface area contributed by atoms with E-state index in [-0.39, 0.29) is 0 Å². The Kier molecular flexibility index (Phi) is 2.70. The van der Waals surface area contributed by atoms with E-state index in [1.54, 1.807) is 7.05 Å². The highest BCUT2D eigenvalue weighted by molar-refractivity contribution is 6.10. The van der Waals surface area contributed by atoms with E-state index in [0.717, 1.165) is 22.4 Å². The number of aromatic nitrogens is 1. The lowest BCUT2D eigenvalue weighted by molar-refractivity contribution is -0.140. The molecule has 6 heteroatoms. The second-order valence-corrected chi connectivity index (χ2v) is 4.28. The molecule has 6 nitrogen and oxygen atoms in total. The van der Waals surface area contributed by atoms with Crippen molar-refractivity contribution in [3.8, 4) is 0 Å². The monoisotopic (exact) mass is 259 g/mol. The maximum atomic E-state index is 10.9. The van der Waals surface area contributed by atoms with Gasteiger partial charge in [-0.25, -0.2) is 9.79 Å². The largest absolute Gasteiger partial charge is 0.423 e. The fraction of sp³-hybridized carbons (Fsp3) is 0.308. The summed E-state index contributed by atoms with van der Waals surface area (Å²) in [5.74, 6) is -0.422. The van der Waals surface area contributed by atoms with Gasteiger partial charge in [0.1, 0.15) is 0 Å². The summed E-state index contributed by atoms with van der Waals surface area (Å²) in [6.07, 6.45) is 0.673. The van der Waals surface area contributed by atoms with Crippen LogP contribution in [0, 0.1) is 0 Å². The topological polar surface area (TPSA) is 69.1 Å². The lowest BCUT2D eigenvalue weighted by Crippen LogP contribution is -2.23. The van der Waals surface area contributed by atoms with E-state index in [2.05, 4.69) is 10.1 Å². The minimum atomic E-state index is -0.422. The molecule has 0 N–H and O–H groups in total. The normalized spacial score (nSPS) is 17.2. The number of hydrogen-bond donors (Lipinski definition) is 0. The number of carbonyl (C=O) groups is 1. The molecule has 0 atom stereocenters. The van der Waals surface area contributed by atoms with Crippen LogP contribution in [0.3, 0.4) is 0 Å². The van der Waals surface area contributed by atoms with Crippen LogP contribution < -0.4 is 5.68 Å². The van der Waals surface area contributed by atoms with Crippen LogP contribution in [0.5, 0.6) is 0 Å². The molecule has 2 heterocycles. The average Bonchev–Trinajstić information content (AvgIpc) is 2.78. The molecule has 2 aromatic rings. The molecule has 1 aromatic carbocycles. The Labute approximate surface area is 109 Å². The van der Waals surface area contributed by atoms with Gasteiger partial charge in [0, 0.05) is 32.5 Å². The molecule has 1 aromatic heterocycles. The number of carbonyl (C=O) groups excluding carboxylic acids is 1. The first kappa shape index (κ1) is 11.7. The SMILES string of the molecule is CN=c1oc2cccc3c2n1CC/C3=N\OC(C)=O. The summed E-state index contributed by atoms with van der Waals surface area (Å²) in [7, 11) is 1.70. The first-order valence-electron chi connectivity index (χ1n) is 6.00. The Balaban J connectivity index is 2.23. The number of benzene rings is 1. The number of hydrogen-bond acceptors (Lipinski definition) is 5. The van der Waals surface area contributed by atoms with Gasteiger partial charge < -0.3 is 9.25 Å². The van der Waals surface area contributed by atoms with Crippen LogP contribution in [0.2, 0.25) is 0 Å². The molecular formula is C13H13N3O3. The van der Waals surface area contributed by atoms with Gasteiger partial charge in [-0.2, -0.15) is 0 Å². The molecule has 19 heavy (non-hydrogen) atoms. The van der Waals surface area contributed by atoms with E-state index in [9.17, 15) is 4.79 Å². The Bertz CT molecular complexity index is 752. The van der Waals surface area contributed by atoms with Crippen molar-refractivity contribution in [2.45, 2.75) is 19.9 Å². The second kappa shape index (κ2) is 4.38. The highest BCUT2D eigenvalue weighted by atomic mass is 16.7. The Morgan fingerprint density at radius 3 is 3.05 bits per heavy atom. The summed E-state index contributed by atoms with van der Waals surface area (Å²) in [5.41, 5.74) is 3.97. The van der Waals surface area contributed by atoms with Crippen LogP contribution in [0.4, 0.5) is 0 Å². The number of oxime groups is 1. The quantitative estimate of drug-likeness (QED) is 0.574. The zero-order chi connectivity index (χ0) is 13.4. The minimum absolute atomic E-state index is 0.422. The Morgan fingerprint density at radius 2 is 2.32 bits per heavy atom. The predicted molar refractivity (Wildman–Crippen MR) is 68.6 cm³/mol. The third kappa shape index (κ3) is 1.85. The van der Waals surface area contributed by atoms with Crippen LogP contribution in [-0.4, -0.2) is 23.3 Å². The van der Waals surface area contributed by atoms with Gasteiger partial charge in [-0.05, 0) is 6.07 Å². The van der Waals surface area contributed by atoms with E-state index in [4.69, 9.17) is 9.25 Å². The number of oxazole rings is 1. The predicted octanol–water partition coefficient (Wildman–Crippen LogP) is 1.44. The van der Waals surface area contributed by atoms with E-state index >= 15 is 0 Å². The molecule has 3 rings (SSSR count). The van der Waals surface area contributed by atoms with Gasteiger partial charge in [0.15, 0.2) is 5.58 Å². The molecule has 0 fully saturated rings. The molecule has 1 aliphatic rings. The maximum Gasteiger partial charge on any atom is 0.331 e. The summed E-state index contributed by atoms with van der Waals surface area (Å²) in [4.78, 5) is 19.7. The fourth-order valence-electron chi connectivity index (χ4n) is 2.31. The van der Waals surface area contributed by atoms with Crippen LogP contribution in [-0.2, 0) is 16.2 Å². The third-order valence-corrected chi connectivity index (χ3v) is 3.06. The summed E-state index contributed by atoms with van der Waals surface area (Å²) >= 11 is 0. The molecule has 0 saturated carbocycles. The van der Waals surface area contributed by atoms with Crippen molar-refractivity contribution >= 4 is 22.8 Å². The number of rotatable bonds is 1. The Morgan fingerprint density at radius 1 is 1.47 bits per heavy atom. The lowest BCUT2D eigenvalue weighted by Gasteiger charge is -2.15. The molecular weight excluding hydrogens is 246 g/mol. The van der Waals surface area contributed by atoms with Gasteiger partial charge in [0.25, 0.3) is 5.68 Å². The van der Waals surface area contributed by atoms with Gasteiger partial charge in [0.05, 0.1) is 11.2 Å². The molecule has 0 aliphatic carbocycles. The Hall–Kier alpha value is -2.37. The molecule has 0 radical (unpaired) electrons. The molecule has 0 bridgehead atoms. The highest BCUT2D eigenvalue weighted by Crippen LogP contribution is 2.24. The van der Waals surface area contributed by atoms with E-state index in [0.29, 0.717) is 18.7 Å². The van der Waals surface area contributed by atoms with Crippen LogP contribution >= 0.6 is 0 Å². The van der Waals surface area contributed by atoms with Gasteiger partial charge in [0.2, 0.25) is 0 Å². The van der Waals surface area contributed by atoms with E-state index < -0.39 is 5.97 Å². The molecule has 0 amide bonds. The van der Waals surface area contributed by atoms with Crippen molar-refractivity contribution in [2.75, 3.05) is 7.05 Å². The molecule has 0 unspecified atom stereocenters. The van der Waals surface area contributed by atoms with Crippen LogP contribution in [0.25, 0.3) is 11.1 Å². The summed E-state index contributed by atoms with van der Waals surface area (Å²) in [6.45, 7) is 2.04. The smallest absolute Gasteiger partial charge is 0.331 e. The van der Waals surface area contributed by atoms with Crippen molar-refractivity contribution in [3.05, 3.63) is 29.4 Å². The number of nitrogens with zero attached hydrogens (tertiary/aromatic N) is 3. The van der Waals surface area contributed by atoms with Crippen molar-refractivity contribution < 1.29 is 14.0 Å². The standard InChI is InChI=1S/C13H13N3O3/c1-8(17)19-15-10-6-7-16-12-9(10)4-3-5-11(12)18-13(16)14-2/h3-5H,6-7H2,1-2H3/b14-13?,15-10+. The van der Waals surface area contributed by atoms with E-state index in [1.165, 1.54) is 6.92 Å². The van der Waals surface area contributed by atoms with Crippen LogP contribution in [0.1, 0.15) is 18.9 Å². The number of para-hydroxylation sites is 1. The summed E-state index contributed by atoms with van der Waals surface area (Å²) in [5, 5.41) is 3.92. The van der Waals surface area contributed by atoms with Gasteiger partial charge in [-0.3, -0.25) is 4.57 Å². The molecule has 98 valence electrons. The summed E-state index contributed by atoms with van der Waals surface area (Å²) in [6, 6.07) is 5.72. The van der Waals surface area contributed by atoms with Crippen molar-refractivity contribution in [3.63, 3.8) is 0 Å². The zero-order valence-electron chi connectivity index (χ0n) is 10.7. The highest BCUT2D eigenvalue weighted by Gasteiger charge is 2.21. The minimum Gasteiger partial charge on any atom is -0.423 e. The average molecular weight is 259 g/mol. The maximum absolute atomic E-state index is 10.9. The van der Waals surface area contributed by atoms with Gasteiger partial charge in [-0.1, -0.05) is 17.3 Å². The van der Waals surface area contributed by atoms with Gasteiger partial charge >= 0.3 is 5.97 Å². The molecule has 0 saturated heterocycles. The van der Waals surface area contributed by atoms with Crippen molar-refractivity contribution in [2.24, 2.45) is 10.1 Å². The first-order valence-corrected chi connectivity index (χ1v) is 6.00. The third-order valence-electron chi connectivity index (χ3n) is 3.06. The zero-order valence-corrected chi connectivity index (χ0v) is 10.7. The van der Waals surface area contributed by atoms with E-state index in [1.807, 2.05) is 22.8 Å². The molecule has 0 spiro atoms. The lowest BCUT2D eigenvalue weighted by atomic mass is 10.0. The molecule has 1 aliphatic heterocycles.